The number of hydrogen-bond donors (Lipinski definition) is 2. The molecule has 0 saturated heterocycles. The van der Waals surface area contributed by atoms with Gasteiger partial charge in [-0.1, -0.05) is 6.42 Å². The molecule has 1 spiro atoms. The predicted molar refractivity (Wildman–Crippen MR) is 111 cm³/mol. The van der Waals surface area contributed by atoms with Crippen molar-refractivity contribution in [3.63, 3.8) is 0 Å². The summed E-state index contributed by atoms with van der Waals surface area (Å²) >= 11 is 0. The quantitative estimate of drug-likeness (QED) is 0.548. The number of hydrogen-bond acceptors (Lipinski definition) is 5. The first-order chi connectivity index (χ1) is 15.8. The number of nitrogens with zero attached hydrogens (tertiary/aromatic N) is 3. The van der Waals surface area contributed by atoms with Gasteiger partial charge in [0.1, 0.15) is 16.3 Å². The fourth-order valence-electron chi connectivity index (χ4n) is 4.95. The highest BCUT2D eigenvalue weighted by atomic mass is 32.2. The molecule has 3 fully saturated rings. The smallest absolute Gasteiger partial charge is 0.320 e. The van der Waals surface area contributed by atoms with Crippen LogP contribution in [0.3, 0.4) is 0 Å². The fourth-order valence-corrected chi connectivity index (χ4v) is 5.56. The number of anilines is 1. The number of aromatic nitrogens is 3. The second-order valence-electron chi connectivity index (χ2n) is 9.43. The molecule has 0 bridgehead atoms. The van der Waals surface area contributed by atoms with Gasteiger partial charge in [-0.25, -0.2) is 22.8 Å². The van der Waals surface area contributed by atoms with Gasteiger partial charge in [-0.3, -0.25) is 9.48 Å². The minimum atomic E-state index is -4.91. The molecule has 34 heavy (non-hydrogen) atoms. The maximum absolute atomic E-state index is 14.5. The molecule has 2 N–H and O–H groups in total. The second-order valence-corrected chi connectivity index (χ2v) is 11.5. The van der Waals surface area contributed by atoms with E-state index in [0.29, 0.717) is 32.1 Å². The molecule has 7 nitrogen and oxygen atoms in total. The molecule has 2 aromatic heterocycles. The fraction of sp³-hybridized carbons (Fsp3) is 0.571. The average Bonchev–Trinajstić information content (AvgIpc) is 3.55. The lowest BCUT2D eigenvalue weighted by Crippen LogP contribution is -2.24. The van der Waals surface area contributed by atoms with Gasteiger partial charge in [0.2, 0.25) is 0 Å². The van der Waals surface area contributed by atoms with E-state index in [4.69, 9.17) is 4.78 Å². The molecule has 2 atom stereocenters. The second kappa shape index (κ2) is 7.22. The summed E-state index contributed by atoms with van der Waals surface area (Å²) in [6.07, 6.45) is -0.417. The van der Waals surface area contributed by atoms with Crippen molar-refractivity contribution >= 4 is 21.3 Å². The summed E-state index contributed by atoms with van der Waals surface area (Å²) in [6, 6.07) is 2.42. The van der Waals surface area contributed by atoms with Gasteiger partial charge in [-0.2, -0.15) is 18.3 Å². The molecule has 3 aliphatic rings. The molecule has 2 heterocycles. The van der Waals surface area contributed by atoms with Gasteiger partial charge in [0.15, 0.2) is 0 Å². The van der Waals surface area contributed by atoms with Crippen LogP contribution < -0.4 is 5.32 Å². The molecule has 3 saturated carbocycles. The Balaban J connectivity index is 1.54. The van der Waals surface area contributed by atoms with Gasteiger partial charge in [0, 0.05) is 29.5 Å². The highest BCUT2D eigenvalue weighted by Crippen LogP contribution is 2.75. The van der Waals surface area contributed by atoms with Crippen molar-refractivity contribution in [2.24, 2.45) is 11.3 Å². The molecule has 0 aromatic carbocycles. The van der Waals surface area contributed by atoms with Crippen molar-refractivity contribution in [1.82, 2.24) is 14.8 Å². The van der Waals surface area contributed by atoms with Crippen LogP contribution in [-0.2, 0) is 22.5 Å². The molecule has 1 amide bonds. The van der Waals surface area contributed by atoms with E-state index < -0.39 is 62.8 Å². The van der Waals surface area contributed by atoms with Crippen molar-refractivity contribution in [1.29, 1.82) is 4.78 Å². The van der Waals surface area contributed by atoms with Crippen LogP contribution in [0.1, 0.15) is 59.8 Å². The first-order valence-electron chi connectivity index (χ1n) is 10.8. The lowest BCUT2D eigenvalue weighted by molar-refractivity contribution is -0.138. The predicted octanol–water partition coefficient (Wildman–Crippen LogP) is 4.90. The summed E-state index contributed by atoms with van der Waals surface area (Å²) in [5.74, 6) is -5.81. The Labute approximate surface area is 192 Å². The van der Waals surface area contributed by atoms with Crippen LogP contribution in [0.25, 0.3) is 0 Å². The van der Waals surface area contributed by atoms with E-state index in [9.17, 15) is 31.0 Å². The van der Waals surface area contributed by atoms with Crippen LogP contribution in [-0.4, -0.2) is 37.1 Å². The summed E-state index contributed by atoms with van der Waals surface area (Å²) in [4.78, 5) is 16.9. The Morgan fingerprint density at radius 3 is 2.50 bits per heavy atom. The largest absolute Gasteiger partial charge is 0.420 e. The highest BCUT2D eigenvalue weighted by molar-refractivity contribution is 7.91. The number of nitrogens with one attached hydrogen (secondary N) is 2. The Bertz CT molecular complexity index is 1280. The zero-order chi connectivity index (χ0) is 24.7. The van der Waals surface area contributed by atoms with Crippen LogP contribution in [0.4, 0.5) is 27.6 Å². The number of pyridine rings is 1. The minimum Gasteiger partial charge on any atom is -0.320 e. The number of alkyl halides is 5. The molecule has 3 aliphatic carbocycles. The number of halogens is 5. The number of amides is 1. The number of rotatable bonds is 6. The average molecular weight is 503 g/mol. The van der Waals surface area contributed by atoms with E-state index in [1.165, 1.54) is 12.3 Å². The zero-order valence-corrected chi connectivity index (χ0v) is 18.9. The SMILES string of the molecule is C[S@@](=N)(=O)c1cc(NC(=O)c2c(C(F)(F)F)c(C3CC3)nn2CC2C(F)(F)C23CCC3)ccn1. The van der Waals surface area contributed by atoms with Crippen LogP contribution in [0.15, 0.2) is 23.4 Å². The molecule has 1 unspecified atom stereocenters. The van der Waals surface area contributed by atoms with Crippen LogP contribution >= 0.6 is 0 Å². The van der Waals surface area contributed by atoms with Crippen molar-refractivity contribution in [3.05, 3.63) is 35.3 Å². The van der Waals surface area contributed by atoms with E-state index in [2.05, 4.69) is 15.4 Å². The molecule has 13 heteroatoms. The van der Waals surface area contributed by atoms with E-state index >= 15 is 0 Å². The third kappa shape index (κ3) is 3.59. The van der Waals surface area contributed by atoms with Crippen molar-refractivity contribution in [3.8, 4) is 0 Å². The van der Waals surface area contributed by atoms with Crippen molar-refractivity contribution in [2.45, 2.75) is 61.7 Å². The van der Waals surface area contributed by atoms with Gasteiger partial charge >= 0.3 is 6.18 Å². The van der Waals surface area contributed by atoms with Crippen molar-refractivity contribution in [2.75, 3.05) is 11.6 Å². The Morgan fingerprint density at radius 2 is 2.00 bits per heavy atom. The Hall–Kier alpha value is -2.57. The third-order valence-electron chi connectivity index (χ3n) is 7.12. The molecule has 0 radical (unpaired) electrons. The first-order valence-corrected chi connectivity index (χ1v) is 12.8. The maximum Gasteiger partial charge on any atom is 0.420 e. The summed E-state index contributed by atoms with van der Waals surface area (Å²) in [5.41, 5.74) is -3.53. The van der Waals surface area contributed by atoms with Crippen LogP contribution in [0, 0.1) is 16.1 Å². The number of carbonyl (C=O) groups is 1. The van der Waals surface area contributed by atoms with E-state index in [0.717, 1.165) is 17.0 Å². The van der Waals surface area contributed by atoms with Gasteiger partial charge in [0.25, 0.3) is 11.8 Å². The molecule has 0 aliphatic heterocycles. The monoisotopic (exact) mass is 503 g/mol. The van der Waals surface area contributed by atoms with E-state index in [1.54, 1.807) is 0 Å². The lowest BCUT2D eigenvalue weighted by Gasteiger charge is -2.26. The van der Waals surface area contributed by atoms with E-state index in [-0.39, 0.29) is 16.4 Å². The summed E-state index contributed by atoms with van der Waals surface area (Å²) < 4.78 is 91.7. The molecular weight excluding hydrogens is 481 g/mol. The molecular formula is C21H22F5N5O2S. The third-order valence-corrected chi connectivity index (χ3v) is 8.14. The first kappa shape index (κ1) is 23.2. The molecule has 2 aromatic rings. The van der Waals surface area contributed by atoms with Crippen LogP contribution in [0.2, 0.25) is 0 Å². The van der Waals surface area contributed by atoms with Gasteiger partial charge in [0.05, 0.1) is 27.9 Å². The standard InChI is InChI=1S/C21H22F5N5O2S/c1-34(27,33)14-9-12(5-8-28-14)29-18(32)17-15(21(24,25)26)16(11-3-4-11)30-31(17)10-13-19(6-2-7-19)20(13,22)23/h5,8-9,11,13,27H,2-4,6-7,10H2,1H3,(H,28,29,32)/t13?,34-/m1/s1. The Morgan fingerprint density at radius 1 is 1.32 bits per heavy atom. The maximum atomic E-state index is 14.5. The van der Waals surface area contributed by atoms with E-state index in [1.807, 2.05) is 0 Å². The summed E-state index contributed by atoms with van der Waals surface area (Å²) in [7, 11) is -3.24. The summed E-state index contributed by atoms with van der Waals surface area (Å²) in [6.45, 7) is -0.483. The minimum absolute atomic E-state index is 0.0158. The van der Waals surface area contributed by atoms with Gasteiger partial charge in [-0.05, 0) is 37.8 Å². The zero-order valence-electron chi connectivity index (χ0n) is 18.1. The van der Waals surface area contributed by atoms with Gasteiger partial charge < -0.3 is 5.32 Å². The summed E-state index contributed by atoms with van der Waals surface area (Å²) in [5, 5.41) is 6.21. The molecule has 5 rings (SSSR count). The highest BCUT2D eigenvalue weighted by Gasteiger charge is 2.81. The topological polar surface area (TPSA) is 101 Å². The van der Waals surface area contributed by atoms with Crippen molar-refractivity contribution < 1.29 is 31.0 Å². The lowest BCUT2D eigenvalue weighted by atomic mass is 9.79. The van der Waals surface area contributed by atoms with Gasteiger partial charge in [-0.15, -0.1) is 0 Å². The van der Waals surface area contributed by atoms with Crippen LogP contribution in [0.5, 0.6) is 0 Å². The number of carbonyl (C=O) groups excluding carboxylic acids is 1. The Kier molecular flexibility index (Phi) is 4.92. The normalized spacial score (nSPS) is 24.4. The molecule has 184 valence electrons.